The third-order valence-electron chi connectivity index (χ3n) is 2.93. The van der Waals surface area contributed by atoms with Crippen LogP contribution in [0.15, 0.2) is 17.2 Å². The van der Waals surface area contributed by atoms with Crippen molar-refractivity contribution in [3.63, 3.8) is 0 Å². The first-order valence-corrected chi connectivity index (χ1v) is 7.35. The second kappa shape index (κ2) is 5.00. The minimum absolute atomic E-state index is 0.00535. The van der Waals surface area contributed by atoms with Crippen molar-refractivity contribution in [2.45, 2.75) is 31.1 Å². The van der Waals surface area contributed by atoms with Crippen LogP contribution in [0.4, 0.5) is 5.82 Å². The topological polar surface area (TPSA) is 64.0 Å². The van der Waals surface area contributed by atoms with Gasteiger partial charge in [-0.25, -0.2) is 4.98 Å². The third-order valence-corrected chi connectivity index (χ3v) is 4.23. The summed E-state index contributed by atoms with van der Waals surface area (Å²) in [5, 5.41) is 2.98. The van der Waals surface area contributed by atoms with E-state index in [4.69, 9.17) is 0 Å². The highest BCUT2D eigenvalue weighted by Crippen LogP contribution is 2.33. The van der Waals surface area contributed by atoms with Gasteiger partial charge >= 0.3 is 0 Å². The minimum Gasteiger partial charge on any atom is -0.364 e. The van der Waals surface area contributed by atoms with E-state index in [0.717, 1.165) is 12.8 Å². The molecule has 0 spiro atoms. The fourth-order valence-corrected chi connectivity index (χ4v) is 1.86. The van der Waals surface area contributed by atoms with Crippen molar-refractivity contribution in [2.75, 3.05) is 18.1 Å². The number of nitrogens with zero attached hydrogens (tertiary/aromatic N) is 2. The molecule has 0 radical (unpaired) electrons. The molecule has 1 heterocycles. The summed E-state index contributed by atoms with van der Waals surface area (Å²) in [5.74, 6) is 0.358. The molecule has 1 fully saturated rings. The van der Waals surface area contributed by atoms with Gasteiger partial charge in [0.25, 0.3) is 5.56 Å². The summed E-state index contributed by atoms with van der Waals surface area (Å²) < 4.78 is 12.9. The molecular weight excluding hydrogens is 238 g/mol. The highest BCUT2D eigenvalue weighted by molar-refractivity contribution is 7.84. The van der Waals surface area contributed by atoms with Crippen LogP contribution in [-0.4, -0.2) is 31.8 Å². The van der Waals surface area contributed by atoms with Crippen molar-refractivity contribution in [1.29, 1.82) is 0 Å². The number of hydrogen-bond acceptors (Lipinski definition) is 4. The molecule has 1 aromatic rings. The Labute approximate surface area is 103 Å². The standard InChI is InChI=1S/C11H17N3O2S/c1-8(17(2)16)7-13-10-11(15)14(6-5-12-10)9-3-4-9/h5-6,8-9H,3-4,7H2,1-2H3,(H,12,13). The number of aromatic nitrogens is 2. The van der Waals surface area contributed by atoms with Gasteiger partial charge in [-0.05, 0) is 19.8 Å². The summed E-state index contributed by atoms with van der Waals surface area (Å²) in [6.45, 7) is 2.38. The Kier molecular flexibility index (Phi) is 3.61. The van der Waals surface area contributed by atoms with Crippen molar-refractivity contribution in [1.82, 2.24) is 9.55 Å². The fraction of sp³-hybridized carbons (Fsp3) is 0.636. The average molecular weight is 255 g/mol. The van der Waals surface area contributed by atoms with Crippen LogP contribution in [0.3, 0.4) is 0 Å². The van der Waals surface area contributed by atoms with E-state index in [0.29, 0.717) is 18.4 Å². The Morgan fingerprint density at radius 2 is 2.35 bits per heavy atom. The predicted octanol–water partition coefficient (Wildman–Crippen LogP) is 0.757. The van der Waals surface area contributed by atoms with E-state index in [1.165, 1.54) is 0 Å². The lowest BCUT2D eigenvalue weighted by Gasteiger charge is -2.11. The number of nitrogens with one attached hydrogen (secondary N) is 1. The van der Waals surface area contributed by atoms with Crippen molar-refractivity contribution >= 4 is 16.6 Å². The molecule has 0 saturated heterocycles. The average Bonchev–Trinajstić information content (AvgIpc) is 3.11. The lowest BCUT2D eigenvalue weighted by Crippen LogP contribution is -2.28. The Morgan fingerprint density at radius 1 is 1.65 bits per heavy atom. The van der Waals surface area contributed by atoms with Gasteiger partial charge in [0.2, 0.25) is 0 Å². The van der Waals surface area contributed by atoms with Gasteiger partial charge < -0.3 is 9.88 Å². The molecule has 1 aliphatic carbocycles. The van der Waals surface area contributed by atoms with Crippen LogP contribution in [-0.2, 0) is 10.8 Å². The predicted molar refractivity (Wildman–Crippen MR) is 68.8 cm³/mol. The van der Waals surface area contributed by atoms with Crippen LogP contribution in [0, 0.1) is 0 Å². The molecule has 0 bridgehead atoms. The summed E-state index contributed by atoms with van der Waals surface area (Å²) in [7, 11) is -0.892. The van der Waals surface area contributed by atoms with E-state index >= 15 is 0 Å². The van der Waals surface area contributed by atoms with Crippen LogP contribution >= 0.6 is 0 Å². The van der Waals surface area contributed by atoms with Gasteiger partial charge in [0, 0.05) is 47.3 Å². The molecular formula is C11H17N3O2S. The second-order valence-corrected chi connectivity index (χ2v) is 6.21. The van der Waals surface area contributed by atoms with Gasteiger partial charge in [-0.2, -0.15) is 0 Å². The summed E-state index contributed by atoms with van der Waals surface area (Å²) in [6.07, 6.45) is 7.16. The van der Waals surface area contributed by atoms with E-state index in [1.807, 2.05) is 6.92 Å². The highest BCUT2D eigenvalue weighted by Gasteiger charge is 2.25. The zero-order valence-electron chi connectivity index (χ0n) is 10.0. The molecule has 0 amide bonds. The van der Waals surface area contributed by atoms with Gasteiger partial charge in [-0.3, -0.25) is 9.00 Å². The van der Waals surface area contributed by atoms with Gasteiger partial charge in [0.1, 0.15) is 0 Å². The lowest BCUT2D eigenvalue weighted by molar-refractivity contribution is 0.677. The quantitative estimate of drug-likeness (QED) is 0.843. The smallest absolute Gasteiger partial charge is 0.293 e. The van der Waals surface area contributed by atoms with E-state index in [-0.39, 0.29) is 10.8 Å². The zero-order valence-corrected chi connectivity index (χ0v) is 10.9. The van der Waals surface area contributed by atoms with E-state index < -0.39 is 10.8 Å². The number of rotatable bonds is 5. The minimum atomic E-state index is -0.892. The van der Waals surface area contributed by atoms with E-state index in [9.17, 15) is 9.00 Å². The van der Waals surface area contributed by atoms with E-state index in [1.54, 1.807) is 23.2 Å². The molecule has 1 aliphatic rings. The molecule has 2 atom stereocenters. The van der Waals surface area contributed by atoms with E-state index in [2.05, 4.69) is 10.3 Å². The Hall–Kier alpha value is -1.17. The molecule has 17 heavy (non-hydrogen) atoms. The first-order chi connectivity index (χ1) is 8.09. The van der Waals surface area contributed by atoms with Gasteiger partial charge in [0.05, 0.1) is 0 Å². The van der Waals surface area contributed by atoms with Crippen molar-refractivity contribution in [2.24, 2.45) is 0 Å². The largest absolute Gasteiger partial charge is 0.364 e. The maximum atomic E-state index is 12.0. The van der Waals surface area contributed by atoms with Gasteiger partial charge in [0.15, 0.2) is 5.82 Å². The first kappa shape index (κ1) is 12.3. The third kappa shape index (κ3) is 2.94. The summed E-state index contributed by atoms with van der Waals surface area (Å²) in [5.41, 5.74) is -0.0796. The molecule has 1 N–H and O–H groups in total. The molecule has 1 aromatic heterocycles. The maximum absolute atomic E-state index is 12.0. The SMILES string of the molecule is CC(CNc1nccn(C2CC2)c1=O)S(C)=O. The van der Waals surface area contributed by atoms with Crippen LogP contribution in [0.2, 0.25) is 0 Å². The van der Waals surface area contributed by atoms with Crippen LogP contribution in [0.5, 0.6) is 0 Å². The molecule has 6 heteroatoms. The maximum Gasteiger partial charge on any atom is 0.293 e. The monoisotopic (exact) mass is 255 g/mol. The van der Waals surface area contributed by atoms with Gasteiger partial charge in [-0.1, -0.05) is 0 Å². The number of anilines is 1. The number of hydrogen-bond donors (Lipinski definition) is 1. The molecule has 0 aromatic carbocycles. The molecule has 2 unspecified atom stereocenters. The molecule has 2 rings (SSSR count). The van der Waals surface area contributed by atoms with Crippen LogP contribution < -0.4 is 10.9 Å². The van der Waals surface area contributed by atoms with Crippen molar-refractivity contribution in [3.05, 3.63) is 22.7 Å². The summed E-state index contributed by atoms with van der Waals surface area (Å²) in [6, 6.07) is 0.351. The Morgan fingerprint density at radius 3 is 2.94 bits per heavy atom. The molecule has 0 aliphatic heterocycles. The van der Waals surface area contributed by atoms with Crippen LogP contribution in [0.1, 0.15) is 25.8 Å². The zero-order chi connectivity index (χ0) is 12.4. The molecule has 5 nitrogen and oxygen atoms in total. The fourth-order valence-electron chi connectivity index (χ4n) is 1.54. The molecule has 1 saturated carbocycles. The van der Waals surface area contributed by atoms with Crippen molar-refractivity contribution < 1.29 is 4.21 Å². The Balaban J connectivity index is 2.08. The van der Waals surface area contributed by atoms with Gasteiger partial charge in [-0.15, -0.1) is 0 Å². The lowest BCUT2D eigenvalue weighted by atomic mass is 10.4. The van der Waals surface area contributed by atoms with Crippen LogP contribution in [0.25, 0.3) is 0 Å². The van der Waals surface area contributed by atoms with Crippen molar-refractivity contribution in [3.8, 4) is 0 Å². The second-order valence-electron chi connectivity index (χ2n) is 4.41. The Bertz CT molecular complexity index is 482. The highest BCUT2D eigenvalue weighted by atomic mass is 32.2. The normalized spacial score (nSPS) is 18.7. The summed E-state index contributed by atoms with van der Waals surface area (Å²) >= 11 is 0. The first-order valence-electron chi connectivity index (χ1n) is 5.73. The summed E-state index contributed by atoms with van der Waals surface area (Å²) in [4.78, 5) is 16.0. The molecule has 94 valence electrons.